The summed E-state index contributed by atoms with van der Waals surface area (Å²) in [4.78, 5) is 0. The smallest absolute Gasteiger partial charge is 0.0883 e. The van der Waals surface area contributed by atoms with Gasteiger partial charge in [-0.05, 0) is 44.5 Å². The first-order valence-corrected chi connectivity index (χ1v) is 9.22. The molecule has 1 spiro atoms. The molecule has 26 heavy (non-hydrogen) atoms. The maximum Gasteiger partial charge on any atom is 0.139 e. The summed E-state index contributed by atoms with van der Waals surface area (Å²) in [5.74, 6) is 0. The molecule has 6 rings (SSSR count). The normalized spacial score (nSPS) is 14.6. The van der Waals surface area contributed by atoms with Gasteiger partial charge in [-0.1, -0.05) is 96.5 Å². The van der Waals surface area contributed by atoms with E-state index >= 15 is 0 Å². The summed E-state index contributed by atoms with van der Waals surface area (Å²) in [6.45, 7) is 0. The molecule has 0 atom stereocenters. The standard InChI is InChI=1S/C25H17B/c26-16-13-14-24-20(15-16)19-9-3-6-12-23(19)25(24)21-10-4-1-7-17(21)18-8-2-5-11-22(18)25/h1-15H,26H2. The Bertz CT molecular complexity index is 1160. The molecule has 4 aromatic rings. The van der Waals surface area contributed by atoms with Crippen LogP contribution in [0.1, 0.15) is 22.3 Å². The van der Waals surface area contributed by atoms with Crippen LogP contribution in [0.5, 0.6) is 0 Å². The summed E-state index contributed by atoms with van der Waals surface area (Å²) in [5.41, 5.74) is 12.3. The van der Waals surface area contributed by atoms with Gasteiger partial charge in [0.1, 0.15) is 7.85 Å². The molecule has 0 N–H and O–H groups in total. The van der Waals surface area contributed by atoms with Crippen LogP contribution in [0.15, 0.2) is 91.0 Å². The third-order valence-corrected chi connectivity index (χ3v) is 6.15. The Balaban J connectivity index is 1.87. The van der Waals surface area contributed by atoms with E-state index in [9.17, 15) is 0 Å². The molecule has 2 aliphatic carbocycles. The molecule has 0 unspecified atom stereocenters. The van der Waals surface area contributed by atoms with E-state index in [0.29, 0.717) is 0 Å². The van der Waals surface area contributed by atoms with E-state index in [2.05, 4.69) is 98.8 Å². The van der Waals surface area contributed by atoms with E-state index in [1.807, 2.05) is 0 Å². The molecule has 0 amide bonds. The predicted octanol–water partition coefficient (Wildman–Crippen LogP) is 4.29. The van der Waals surface area contributed by atoms with Crippen LogP contribution in [0, 0.1) is 0 Å². The lowest BCUT2D eigenvalue weighted by Crippen LogP contribution is -2.26. The van der Waals surface area contributed by atoms with Crippen molar-refractivity contribution in [1.82, 2.24) is 0 Å². The first-order chi connectivity index (χ1) is 12.8. The van der Waals surface area contributed by atoms with Crippen LogP contribution in [0.25, 0.3) is 22.3 Å². The van der Waals surface area contributed by atoms with Crippen molar-refractivity contribution in [3.8, 4) is 22.3 Å². The molecule has 0 nitrogen and oxygen atoms in total. The third kappa shape index (κ3) is 1.48. The quantitative estimate of drug-likeness (QED) is 0.365. The molecule has 0 aromatic heterocycles. The highest BCUT2D eigenvalue weighted by Gasteiger charge is 2.51. The summed E-state index contributed by atoms with van der Waals surface area (Å²) in [5, 5.41) is 0. The summed E-state index contributed by atoms with van der Waals surface area (Å²) in [6.07, 6.45) is 0. The SMILES string of the molecule is Bc1ccc2c(c1)-c1ccccc1C21c2ccccc2-c2ccccc21. The summed E-state index contributed by atoms with van der Waals surface area (Å²) < 4.78 is 0. The van der Waals surface area contributed by atoms with Gasteiger partial charge >= 0.3 is 0 Å². The fourth-order valence-corrected chi connectivity index (χ4v) is 5.21. The Morgan fingerprint density at radius 2 is 0.885 bits per heavy atom. The number of benzene rings is 4. The second-order valence-corrected chi connectivity index (χ2v) is 7.44. The molecule has 0 bridgehead atoms. The van der Waals surface area contributed by atoms with Crippen LogP contribution in [0.2, 0.25) is 0 Å². The van der Waals surface area contributed by atoms with Crippen molar-refractivity contribution in [1.29, 1.82) is 0 Å². The molecule has 1 heteroatoms. The molecule has 4 aromatic carbocycles. The van der Waals surface area contributed by atoms with Gasteiger partial charge in [0.25, 0.3) is 0 Å². The van der Waals surface area contributed by atoms with Gasteiger partial charge in [0.05, 0.1) is 5.41 Å². The highest BCUT2D eigenvalue weighted by Crippen LogP contribution is 2.62. The average Bonchev–Trinajstić information content (AvgIpc) is 3.15. The average molecular weight is 328 g/mol. The number of hydrogen-bond donors (Lipinski definition) is 0. The number of fused-ring (bicyclic) bond motifs is 10. The second-order valence-electron chi connectivity index (χ2n) is 7.44. The highest BCUT2D eigenvalue weighted by atomic mass is 14.5. The van der Waals surface area contributed by atoms with Crippen molar-refractivity contribution < 1.29 is 0 Å². The number of rotatable bonds is 0. The molecule has 0 saturated carbocycles. The van der Waals surface area contributed by atoms with Crippen LogP contribution in [-0.4, -0.2) is 7.85 Å². The van der Waals surface area contributed by atoms with Crippen molar-refractivity contribution in [3.63, 3.8) is 0 Å². The van der Waals surface area contributed by atoms with E-state index in [1.54, 1.807) is 0 Å². The number of hydrogen-bond acceptors (Lipinski definition) is 0. The monoisotopic (exact) mass is 328 g/mol. The molecular weight excluding hydrogens is 311 g/mol. The van der Waals surface area contributed by atoms with Gasteiger partial charge in [0, 0.05) is 0 Å². The van der Waals surface area contributed by atoms with Crippen LogP contribution in [-0.2, 0) is 5.41 Å². The van der Waals surface area contributed by atoms with Crippen molar-refractivity contribution >= 4 is 13.3 Å². The van der Waals surface area contributed by atoms with Crippen LogP contribution < -0.4 is 5.46 Å². The van der Waals surface area contributed by atoms with Crippen molar-refractivity contribution in [2.75, 3.05) is 0 Å². The summed E-state index contributed by atoms with van der Waals surface area (Å²) >= 11 is 0. The summed E-state index contributed by atoms with van der Waals surface area (Å²) in [6, 6.07) is 33.8. The Morgan fingerprint density at radius 1 is 0.462 bits per heavy atom. The summed E-state index contributed by atoms with van der Waals surface area (Å²) in [7, 11) is 2.18. The lowest BCUT2D eigenvalue weighted by molar-refractivity contribution is 0.794. The molecule has 0 fully saturated rings. The van der Waals surface area contributed by atoms with E-state index in [1.165, 1.54) is 50.0 Å². The first-order valence-electron chi connectivity index (χ1n) is 9.22. The van der Waals surface area contributed by atoms with Crippen LogP contribution in [0.4, 0.5) is 0 Å². The molecule has 0 aliphatic heterocycles. The fourth-order valence-electron chi connectivity index (χ4n) is 5.21. The third-order valence-electron chi connectivity index (χ3n) is 6.15. The molecule has 120 valence electrons. The lowest BCUT2D eigenvalue weighted by Gasteiger charge is -2.30. The minimum atomic E-state index is -0.188. The minimum absolute atomic E-state index is 0.188. The van der Waals surface area contributed by atoms with Crippen molar-refractivity contribution in [2.24, 2.45) is 0 Å². The Hall–Kier alpha value is -3.06. The van der Waals surface area contributed by atoms with Gasteiger partial charge in [-0.25, -0.2) is 0 Å². The van der Waals surface area contributed by atoms with Crippen LogP contribution in [0.3, 0.4) is 0 Å². The zero-order valence-electron chi connectivity index (χ0n) is 14.7. The predicted molar refractivity (Wildman–Crippen MR) is 111 cm³/mol. The maximum absolute atomic E-state index is 2.35. The molecular formula is C25H17B. The van der Waals surface area contributed by atoms with Gasteiger partial charge in [-0.3, -0.25) is 0 Å². The maximum atomic E-state index is 2.35. The van der Waals surface area contributed by atoms with Gasteiger partial charge in [0.15, 0.2) is 0 Å². The van der Waals surface area contributed by atoms with Gasteiger partial charge in [-0.15, -0.1) is 0 Å². The molecule has 0 saturated heterocycles. The fraction of sp³-hybridized carbons (Fsp3) is 0.0400. The first kappa shape index (κ1) is 14.1. The van der Waals surface area contributed by atoms with Gasteiger partial charge in [-0.2, -0.15) is 0 Å². The van der Waals surface area contributed by atoms with E-state index in [4.69, 9.17) is 0 Å². The topological polar surface area (TPSA) is 0 Å². The van der Waals surface area contributed by atoms with Crippen molar-refractivity contribution in [3.05, 3.63) is 113 Å². The largest absolute Gasteiger partial charge is 0.139 e. The minimum Gasteiger partial charge on any atom is -0.0883 e. The zero-order valence-corrected chi connectivity index (χ0v) is 14.7. The van der Waals surface area contributed by atoms with Crippen LogP contribution >= 0.6 is 0 Å². The highest BCUT2D eigenvalue weighted by molar-refractivity contribution is 6.32. The Morgan fingerprint density at radius 3 is 1.42 bits per heavy atom. The molecule has 0 radical (unpaired) electrons. The van der Waals surface area contributed by atoms with Gasteiger partial charge < -0.3 is 0 Å². The molecule has 2 aliphatic rings. The lowest BCUT2D eigenvalue weighted by atomic mass is 9.70. The molecule has 0 heterocycles. The zero-order chi connectivity index (χ0) is 17.3. The van der Waals surface area contributed by atoms with E-state index in [-0.39, 0.29) is 5.41 Å². The Kier molecular flexibility index (Phi) is 2.59. The van der Waals surface area contributed by atoms with E-state index in [0.717, 1.165) is 0 Å². The van der Waals surface area contributed by atoms with Gasteiger partial charge in [0.2, 0.25) is 0 Å². The second kappa shape index (κ2) is 4.77. The van der Waals surface area contributed by atoms with Crippen molar-refractivity contribution in [2.45, 2.75) is 5.41 Å². The Labute approximate surface area is 154 Å². The van der Waals surface area contributed by atoms with E-state index < -0.39 is 0 Å².